The van der Waals surface area contributed by atoms with Crippen molar-refractivity contribution in [1.82, 2.24) is 15.1 Å². The summed E-state index contributed by atoms with van der Waals surface area (Å²) < 4.78 is 5.91. The number of nitrogens with one attached hydrogen (secondary N) is 1. The maximum atomic E-state index is 12.2. The van der Waals surface area contributed by atoms with Crippen molar-refractivity contribution in [1.29, 1.82) is 0 Å². The highest BCUT2D eigenvalue weighted by Crippen LogP contribution is 2.25. The van der Waals surface area contributed by atoms with Crippen molar-refractivity contribution in [3.05, 3.63) is 35.9 Å². The van der Waals surface area contributed by atoms with Crippen LogP contribution >= 0.6 is 0 Å². The predicted molar refractivity (Wildman–Crippen MR) is 83.5 cm³/mol. The maximum Gasteiger partial charge on any atom is 0.317 e. The Morgan fingerprint density at radius 2 is 2.05 bits per heavy atom. The summed E-state index contributed by atoms with van der Waals surface area (Å²) in [7, 11) is 0. The summed E-state index contributed by atoms with van der Waals surface area (Å²) in [6, 6.07) is 11.4. The van der Waals surface area contributed by atoms with Crippen LogP contribution in [0.5, 0.6) is 0 Å². The molecule has 1 aliphatic carbocycles. The molecule has 2 aliphatic heterocycles. The molecule has 22 heavy (non-hydrogen) atoms. The Labute approximate surface area is 131 Å². The summed E-state index contributed by atoms with van der Waals surface area (Å²) in [6.07, 6.45) is 2.41. The van der Waals surface area contributed by atoms with Crippen LogP contribution < -0.4 is 5.32 Å². The zero-order valence-corrected chi connectivity index (χ0v) is 12.8. The van der Waals surface area contributed by atoms with Crippen molar-refractivity contribution < 1.29 is 9.53 Å². The van der Waals surface area contributed by atoms with E-state index in [0.29, 0.717) is 18.6 Å². The van der Waals surface area contributed by atoms with Crippen molar-refractivity contribution >= 4 is 6.03 Å². The van der Waals surface area contributed by atoms with Crippen LogP contribution in [0, 0.1) is 0 Å². The van der Waals surface area contributed by atoms with E-state index < -0.39 is 0 Å². The van der Waals surface area contributed by atoms with Crippen LogP contribution in [-0.2, 0) is 11.3 Å². The van der Waals surface area contributed by atoms with Gasteiger partial charge in [-0.15, -0.1) is 0 Å². The highest BCUT2D eigenvalue weighted by Gasteiger charge is 2.42. The molecule has 0 aromatic heterocycles. The van der Waals surface area contributed by atoms with Gasteiger partial charge in [-0.25, -0.2) is 4.79 Å². The fourth-order valence-corrected chi connectivity index (χ4v) is 3.43. The number of likely N-dealkylation sites (tertiary alicyclic amines) is 1. The lowest BCUT2D eigenvalue weighted by atomic mass is 10.1. The SMILES string of the molecule is O=C(NC1CC1)N1C[C@@H]2[C@@H](C1)OCCN2Cc1ccccc1. The topological polar surface area (TPSA) is 44.8 Å². The molecular weight excluding hydrogens is 278 g/mol. The molecule has 4 rings (SSSR count). The van der Waals surface area contributed by atoms with Crippen LogP contribution in [0.1, 0.15) is 18.4 Å². The summed E-state index contributed by atoms with van der Waals surface area (Å²) in [4.78, 5) is 16.6. The van der Waals surface area contributed by atoms with Gasteiger partial charge in [0.25, 0.3) is 0 Å². The Kier molecular flexibility index (Phi) is 3.76. The molecule has 1 N–H and O–H groups in total. The zero-order chi connectivity index (χ0) is 14.9. The number of morpholine rings is 1. The number of urea groups is 1. The van der Waals surface area contributed by atoms with E-state index in [2.05, 4.69) is 34.5 Å². The van der Waals surface area contributed by atoms with Crippen molar-refractivity contribution in [2.24, 2.45) is 0 Å². The highest BCUT2D eigenvalue weighted by molar-refractivity contribution is 5.75. The van der Waals surface area contributed by atoms with Crippen molar-refractivity contribution in [3.63, 3.8) is 0 Å². The molecule has 0 spiro atoms. The highest BCUT2D eigenvalue weighted by atomic mass is 16.5. The first-order valence-electron chi connectivity index (χ1n) is 8.24. The number of hydrogen-bond acceptors (Lipinski definition) is 3. The molecular formula is C17H23N3O2. The summed E-state index contributed by atoms with van der Waals surface area (Å²) in [5, 5.41) is 3.08. The van der Waals surface area contributed by atoms with E-state index in [9.17, 15) is 4.79 Å². The van der Waals surface area contributed by atoms with Gasteiger partial charge in [0.2, 0.25) is 0 Å². The largest absolute Gasteiger partial charge is 0.373 e. The number of carbonyl (C=O) groups excluding carboxylic acids is 1. The molecule has 1 saturated carbocycles. The van der Waals surface area contributed by atoms with Gasteiger partial charge in [0, 0.05) is 25.7 Å². The minimum Gasteiger partial charge on any atom is -0.373 e. The second-order valence-electron chi connectivity index (χ2n) is 6.56. The molecule has 0 radical (unpaired) electrons. The van der Waals surface area contributed by atoms with E-state index in [4.69, 9.17) is 4.74 Å². The molecule has 2 atom stereocenters. The number of hydrogen-bond donors (Lipinski definition) is 1. The van der Waals surface area contributed by atoms with Crippen molar-refractivity contribution in [3.8, 4) is 0 Å². The lowest BCUT2D eigenvalue weighted by Gasteiger charge is -2.36. The molecule has 2 heterocycles. The zero-order valence-electron chi connectivity index (χ0n) is 12.8. The molecule has 5 nitrogen and oxygen atoms in total. The lowest BCUT2D eigenvalue weighted by Crippen LogP contribution is -2.50. The number of ether oxygens (including phenoxy) is 1. The predicted octanol–water partition coefficient (Wildman–Crippen LogP) is 1.44. The fourth-order valence-electron chi connectivity index (χ4n) is 3.43. The third-order valence-corrected chi connectivity index (χ3v) is 4.84. The van der Waals surface area contributed by atoms with Gasteiger partial charge in [0.05, 0.1) is 25.3 Å². The van der Waals surface area contributed by atoms with Crippen molar-refractivity contribution in [2.45, 2.75) is 37.6 Å². The van der Waals surface area contributed by atoms with Gasteiger partial charge in [0.15, 0.2) is 0 Å². The first kappa shape index (κ1) is 14.0. The third-order valence-electron chi connectivity index (χ3n) is 4.84. The van der Waals surface area contributed by atoms with E-state index in [-0.39, 0.29) is 12.1 Å². The Bertz CT molecular complexity index is 532. The molecule has 2 saturated heterocycles. The van der Waals surface area contributed by atoms with Crippen LogP contribution in [0.15, 0.2) is 30.3 Å². The summed E-state index contributed by atoms with van der Waals surface area (Å²) in [6.45, 7) is 4.12. The minimum absolute atomic E-state index is 0.0835. The normalized spacial score (nSPS) is 28.5. The standard InChI is InChI=1S/C17H23N3O2/c21-17(18-14-6-7-14)20-11-15-16(12-20)22-9-8-19(15)10-13-4-2-1-3-5-13/h1-5,14-16H,6-12H2,(H,18,21)/t15-,16-/m1/s1. The van der Waals surface area contributed by atoms with Gasteiger partial charge in [-0.05, 0) is 18.4 Å². The molecule has 118 valence electrons. The first-order valence-corrected chi connectivity index (χ1v) is 8.24. The van der Waals surface area contributed by atoms with Gasteiger partial charge < -0.3 is 15.0 Å². The van der Waals surface area contributed by atoms with Crippen molar-refractivity contribution in [2.75, 3.05) is 26.2 Å². The van der Waals surface area contributed by atoms with E-state index >= 15 is 0 Å². The van der Waals surface area contributed by atoms with Crippen LogP contribution in [0.3, 0.4) is 0 Å². The van der Waals surface area contributed by atoms with Gasteiger partial charge in [0.1, 0.15) is 0 Å². The number of fused-ring (bicyclic) bond motifs is 1. The molecule has 1 aromatic rings. The number of rotatable bonds is 3. The molecule has 2 amide bonds. The smallest absolute Gasteiger partial charge is 0.317 e. The number of nitrogens with zero attached hydrogens (tertiary/aromatic N) is 2. The minimum atomic E-state index is 0.0835. The Morgan fingerprint density at radius 3 is 2.82 bits per heavy atom. The fraction of sp³-hybridized carbons (Fsp3) is 0.588. The van der Waals surface area contributed by atoms with Gasteiger partial charge in [-0.1, -0.05) is 30.3 Å². The quantitative estimate of drug-likeness (QED) is 0.919. The Hall–Kier alpha value is -1.59. The van der Waals surface area contributed by atoms with Gasteiger partial charge in [-0.3, -0.25) is 4.90 Å². The lowest BCUT2D eigenvalue weighted by molar-refractivity contribution is -0.0503. The molecule has 1 aromatic carbocycles. The van der Waals surface area contributed by atoms with E-state index in [0.717, 1.165) is 39.1 Å². The number of amides is 2. The Morgan fingerprint density at radius 1 is 1.23 bits per heavy atom. The number of benzene rings is 1. The van der Waals surface area contributed by atoms with Gasteiger partial charge >= 0.3 is 6.03 Å². The molecule has 5 heteroatoms. The average Bonchev–Trinajstić information content (AvgIpc) is 3.23. The average molecular weight is 301 g/mol. The molecule has 0 unspecified atom stereocenters. The van der Waals surface area contributed by atoms with Crippen LogP contribution in [-0.4, -0.2) is 60.3 Å². The molecule has 3 fully saturated rings. The van der Waals surface area contributed by atoms with E-state index in [1.807, 2.05) is 11.0 Å². The maximum absolute atomic E-state index is 12.2. The monoisotopic (exact) mass is 301 g/mol. The molecule has 3 aliphatic rings. The molecule has 0 bridgehead atoms. The van der Waals surface area contributed by atoms with E-state index in [1.54, 1.807) is 0 Å². The second-order valence-corrected chi connectivity index (χ2v) is 6.56. The third kappa shape index (κ3) is 2.96. The Balaban J connectivity index is 1.41. The summed E-state index contributed by atoms with van der Waals surface area (Å²) in [5.41, 5.74) is 1.32. The van der Waals surface area contributed by atoms with Crippen LogP contribution in [0.4, 0.5) is 4.79 Å². The second kappa shape index (κ2) is 5.89. The van der Waals surface area contributed by atoms with Gasteiger partial charge in [-0.2, -0.15) is 0 Å². The summed E-state index contributed by atoms with van der Waals surface area (Å²) in [5.74, 6) is 0. The summed E-state index contributed by atoms with van der Waals surface area (Å²) >= 11 is 0. The van der Waals surface area contributed by atoms with E-state index in [1.165, 1.54) is 5.56 Å². The number of carbonyl (C=O) groups is 1. The van der Waals surface area contributed by atoms with Crippen LogP contribution in [0.2, 0.25) is 0 Å². The first-order chi connectivity index (χ1) is 10.8. The van der Waals surface area contributed by atoms with Crippen LogP contribution in [0.25, 0.3) is 0 Å².